The molecule has 0 radical (unpaired) electrons. The summed E-state index contributed by atoms with van der Waals surface area (Å²) in [4.78, 5) is 0. The van der Waals surface area contributed by atoms with Crippen molar-refractivity contribution in [2.24, 2.45) is 0 Å². The van der Waals surface area contributed by atoms with Crippen molar-refractivity contribution >= 4 is 22.0 Å². The van der Waals surface area contributed by atoms with Gasteiger partial charge in [-0.25, -0.2) is 8.61 Å². The van der Waals surface area contributed by atoms with E-state index in [1.807, 2.05) is 22.0 Å². The van der Waals surface area contributed by atoms with E-state index in [-0.39, 0.29) is 0 Å². The number of rotatable bonds is 7. The summed E-state index contributed by atoms with van der Waals surface area (Å²) in [5.74, 6) is 0. The molecule has 0 bridgehead atoms. The van der Waals surface area contributed by atoms with Gasteiger partial charge >= 0.3 is 0 Å². The van der Waals surface area contributed by atoms with Crippen LogP contribution in [-0.4, -0.2) is 32.8 Å². The standard InChI is InChI=1S/C16H32N2S2/c1-13(2)17(15-9-5-6-10-15)19-20-18(14(3)4)16-11-7-8-12-16/h13-16H,5-12H2,1-4H3. The van der Waals surface area contributed by atoms with Crippen molar-refractivity contribution in [3.8, 4) is 0 Å². The van der Waals surface area contributed by atoms with Gasteiger partial charge in [-0.2, -0.15) is 0 Å². The van der Waals surface area contributed by atoms with E-state index < -0.39 is 0 Å². The number of hydrogen-bond acceptors (Lipinski definition) is 4. The van der Waals surface area contributed by atoms with Crippen LogP contribution >= 0.6 is 22.0 Å². The van der Waals surface area contributed by atoms with Crippen molar-refractivity contribution in [3.05, 3.63) is 0 Å². The highest BCUT2D eigenvalue weighted by Gasteiger charge is 2.29. The SMILES string of the molecule is CC(C)N(SSN(C(C)C)C1CCCC1)C1CCCC1. The van der Waals surface area contributed by atoms with E-state index in [2.05, 4.69) is 36.3 Å². The van der Waals surface area contributed by atoms with E-state index in [0.717, 1.165) is 12.1 Å². The molecule has 0 aromatic carbocycles. The molecule has 0 unspecified atom stereocenters. The van der Waals surface area contributed by atoms with E-state index in [1.54, 1.807) is 0 Å². The molecule has 0 saturated heterocycles. The van der Waals surface area contributed by atoms with Crippen molar-refractivity contribution in [1.29, 1.82) is 0 Å². The average molecular weight is 317 g/mol. The van der Waals surface area contributed by atoms with Gasteiger partial charge in [0, 0.05) is 46.1 Å². The molecule has 0 spiro atoms. The first kappa shape index (κ1) is 17.0. The lowest BCUT2D eigenvalue weighted by Crippen LogP contribution is -2.36. The van der Waals surface area contributed by atoms with Gasteiger partial charge in [0.2, 0.25) is 0 Å². The highest BCUT2D eigenvalue weighted by atomic mass is 33.1. The van der Waals surface area contributed by atoms with Gasteiger partial charge in [-0.3, -0.25) is 0 Å². The third-order valence-electron chi connectivity index (χ3n) is 4.59. The number of hydrogen-bond donors (Lipinski definition) is 0. The zero-order valence-corrected chi connectivity index (χ0v) is 15.3. The summed E-state index contributed by atoms with van der Waals surface area (Å²) in [5.41, 5.74) is 0. The Kier molecular flexibility index (Phi) is 7.05. The summed E-state index contributed by atoms with van der Waals surface area (Å²) in [7, 11) is 4.05. The van der Waals surface area contributed by atoms with Crippen molar-refractivity contribution in [2.75, 3.05) is 0 Å². The van der Waals surface area contributed by atoms with Gasteiger partial charge in [-0.05, 0) is 53.4 Å². The summed E-state index contributed by atoms with van der Waals surface area (Å²) in [6.45, 7) is 9.39. The third-order valence-corrected chi connectivity index (χ3v) is 7.68. The molecule has 2 nitrogen and oxygen atoms in total. The predicted octanol–water partition coefficient (Wildman–Crippen LogP) is 5.50. The maximum atomic E-state index is 2.67. The Labute approximate surface area is 134 Å². The quantitative estimate of drug-likeness (QED) is 0.451. The van der Waals surface area contributed by atoms with E-state index in [9.17, 15) is 0 Å². The summed E-state index contributed by atoms with van der Waals surface area (Å²) < 4.78 is 5.34. The van der Waals surface area contributed by atoms with Crippen LogP contribution in [0.4, 0.5) is 0 Å². The van der Waals surface area contributed by atoms with E-state index in [4.69, 9.17) is 0 Å². The summed E-state index contributed by atoms with van der Waals surface area (Å²) >= 11 is 0. The minimum Gasteiger partial charge on any atom is -0.235 e. The van der Waals surface area contributed by atoms with Crippen molar-refractivity contribution in [3.63, 3.8) is 0 Å². The molecule has 20 heavy (non-hydrogen) atoms. The second-order valence-electron chi connectivity index (χ2n) is 6.93. The Balaban J connectivity index is 1.88. The Morgan fingerprint density at radius 2 is 0.950 bits per heavy atom. The summed E-state index contributed by atoms with van der Waals surface area (Å²) in [6.07, 6.45) is 11.3. The van der Waals surface area contributed by atoms with E-state index >= 15 is 0 Å². The van der Waals surface area contributed by atoms with Crippen molar-refractivity contribution in [1.82, 2.24) is 8.61 Å². The van der Waals surface area contributed by atoms with Gasteiger partial charge in [-0.1, -0.05) is 25.7 Å². The molecule has 2 aliphatic rings. The second-order valence-corrected chi connectivity index (χ2v) is 8.97. The van der Waals surface area contributed by atoms with Crippen LogP contribution in [0.3, 0.4) is 0 Å². The van der Waals surface area contributed by atoms with Gasteiger partial charge in [-0.15, -0.1) is 0 Å². The van der Waals surface area contributed by atoms with Crippen LogP contribution in [0.2, 0.25) is 0 Å². The van der Waals surface area contributed by atoms with Gasteiger partial charge in [0.15, 0.2) is 0 Å². The Hall–Kier alpha value is 0.620. The fraction of sp³-hybridized carbons (Fsp3) is 1.00. The van der Waals surface area contributed by atoms with Crippen LogP contribution in [-0.2, 0) is 0 Å². The number of nitrogens with zero attached hydrogens (tertiary/aromatic N) is 2. The molecule has 0 heterocycles. The molecule has 0 aromatic heterocycles. The average Bonchev–Trinajstić information content (AvgIpc) is 3.06. The highest BCUT2D eigenvalue weighted by Crippen LogP contribution is 2.41. The van der Waals surface area contributed by atoms with Crippen molar-refractivity contribution < 1.29 is 0 Å². The smallest absolute Gasteiger partial charge is 0.0213 e. The lowest BCUT2D eigenvalue weighted by atomic mass is 10.2. The zero-order chi connectivity index (χ0) is 14.5. The molecule has 0 aliphatic heterocycles. The summed E-state index contributed by atoms with van der Waals surface area (Å²) in [5, 5.41) is 0. The van der Waals surface area contributed by atoms with Crippen LogP contribution in [0.15, 0.2) is 0 Å². The molecule has 2 rings (SSSR count). The monoisotopic (exact) mass is 316 g/mol. The molecular formula is C16H32N2S2. The molecule has 2 fully saturated rings. The molecule has 0 N–H and O–H groups in total. The first-order valence-electron chi connectivity index (χ1n) is 8.51. The van der Waals surface area contributed by atoms with Crippen LogP contribution in [0.5, 0.6) is 0 Å². The lowest BCUT2D eigenvalue weighted by molar-refractivity contribution is 0.299. The molecule has 118 valence electrons. The molecule has 0 atom stereocenters. The Morgan fingerprint density at radius 3 is 1.20 bits per heavy atom. The predicted molar refractivity (Wildman–Crippen MR) is 93.6 cm³/mol. The third kappa shape index (κ3) is 4.56. The van der Waals surface area contributed by atoms with Gasteiger partial charge in [0.05, 0.1) is 0 Å². The minimum atomic E-state index is 0.646. The van der Waals surface area contributed by atoms with E-state index in [1.165, 1.54) is 51.4 Å². The molecule has 2 saturated carbocycles. The second kappa shape index (κ2) is 8.30. The molecule has 4 heteroatoms. The van der Waals surface area contributed by atoms with Gasteiger partial charge in [0.1, 0.15) is 0 Å². The van der Waals surface area contributed by atoms with Crippen molar-refractivity contribution in [2.45, 2.75) is 103 Å². The molecule has 0 amide bonds. The zero-order valence-electron chi connectivity index (χ0n) is 13.7. The van der Waals surface area contributed by atoms with Gasteiger partial charge in [0.25, 0.3) is 0 Å². The fourth-order valence-electron chi connectivity index (χ4n) is 3.53. The van der Waals surface area contributed by atoms with Crippen LogP contribution < -0.4 is 0 Å². The van der Waals surface area contributed by atoms with Gasteiger partial charge < -0.3 is 0 Å². The lowest BCUT2D eigenvalue weighted by Gasteiger charge is -2.35. The Bertz CT molecular complexity index is 244. The van der Waals surface area contributed by atoms with Crippen LogP contribution in [0.1, 0.15) is 79.1 Å². The highest BCUT2D eigenvalue weighted by molar-refractivity contribution is 8.74. The Morgan fingerprint density at radius 1 is 0.650 bits per heavy atom. The molecule has 0 aromatic rings. The topological polar surface area (TPSA) is 6.48 Å². The first-order valence-corrected chi connectivity index (χ1v) is 10.6. The maximum absolute atomic E-state index is 2.67. The van der Waals surface area contributed by atoms with E-state index in [0.29, 0.717) is 12.1 Å². The van der Waals surface area contributed by atoms with Crippen LogP contribution in [0.25, 0.3) is 0 Å². The largest absolute Gasteiger partial charge is 0.235 e. The first-order chi connectivity index (χ1) is 9.59. The molecule has 2 aliphatic carbocycles. The normalized spacial score (nSPS) is 22.2. The van der Waals surface area contributed by atoms with Crippen LogP contribution in [0, 0.1) is 0 Å². The minimum absolute atomic E-state index is 0.646. The summed E-state index contributed by atoms with van der Waals surface area (Å²) in [6, 6.07) is 2.91. The maximum Gasteiger partial charge on any atom is 0.0213 e. The fourth-order valence-corrected chi connectivity index (χ4v) is 6.92. The molecular weight excluding hydrogens is 284 g/mol.